The third-order valence-electron chi connectivity index (χ3n) is 4.96. The van der Waals surface area contributed by atoms with E-state index in [1.54, 1.807) is 13.0 Å². The predicted octanol–water partition coefficient (Wildman–Crippen LogP) is 4.48. The van der Waals surface area contributed by atoms with Gasteiger partial charge in [0.05, 0.1) is 0 Å². The number of piperidine rings is 1. The molecular formula is C19H27FN2O2. The van der Waals surface area contributed by atoms with Crippen molar-refractivity contribution in [2.24, 2.45) is 0 Å². The van der Waals surface area contributed by atoms with E-state index in [0.717, 1.165) is 31.4 Å². The molecule has 2 fully saturated rings. The monoisotopic (exact) mass is 334 g/mol. The number of carbonyl (C=O) groups excluding carboxylic acids is 1. The second-order valence-corrected chi connectivity index (χ2v) is 8.00. The van der Waals surface area contributed by atoms with Gasteiger partial charge in [-0.1, -0.05) is 6.07 Å². The molecule has 3 rings (SSSR count). The Bertz CT molecular complexity index is 612. The molecule has 2 bridgehead atoms. The molecule has 0 aliphatic carbocycles. The summed E-state index contributed by atoms with van der Waals surface area (Å²) in [6.07, 6.45) is 3.60. The van der Waals surface area contributed by atoms with Crippen LogP contribution in [0.4, 0.5) is 14.9 Å². The summed E-state index contributed by atoms with van der Waals surface area (Å²) < 4.78 is 19.3. The highest BCUT2D eigenvalue weighted by Crippen LogP contribution is 2.38. The molecule has 2 unspecified atom stereocenters. The number of rotatable bonds is 2. The van der Waals surface area contributed by atoms with Gasteiger partial charge in [0.25, 0.3) is 0 Å². The van der Waals surface area contributed by atoms with Crippen LogP contribution in [0, 0.1) is 12.7 Å². The molecule has 132 valence electrons. The number of ether oxygens (including phenoxy) is 1. The molecule has 1 aromatic rings. The summed E-state index contributed by atoms with van der Waals surface area (Å²) in [6.45, 7) is 7.48. The fourth-order valence-electron chi connectivity index (χ4n) is 3.89. The van der Waals surface area contributed by atoms with Crippen molar-refractivity contribution in [2.45, 2.75) is 77.1 Å². The summed E-state index contributed by atoms with van der Waals surface area (Å²) in [5, 5.41) is 3.48. The molecule has 2 aliphatic heterocycles. The second-order valence-electron chi connectivity index (χ2n) is 8.00. The summed E-state index contributed by atoms with van der Waals surface area (Å²) in [5.74, 6) is -0.186. The van der Waals surface area contributed by atoms with Crippen LogP contribution in [-0.2, 0) is 4.74 Å². The molecule has 2 atom stereocenters. The minimum Gasteiger partial charge on any atom is -0.444 e. The first-order valence-corrected chi connectivity index (χ1v) is 8.77. The molecule has 1 amide bonds. The van der Waals surface area contributed by atoms with Crippen LogP contribution in [0.25, 0.3) is 0 Å². The lowest BCUT2D eigenvalue weighted by Crippen LogP contribution is -2.51. The van der Waals surface area contributed by atoms with Crippen molar-refractivity contribution in [3.63, 3.8) is 0 Å². The van der Waals surface area contributed by atoms with Crippen LogP contribution in [0.1, 0.15) is 52.0 Å². The zero-order valence-corrected chi connectivity index (χ0v) is 14.9. The summed E-state index contributed by atoms with van der Waals surface area (Å²) in [7, 11) is 0. The molecule has 24 heavy (non-hydrogen) atoms. The van der Waals surface area contributed by atoms with Gasteiger partial charge in [-0.2, -0.15) is 0 Å². The van der Waals surface area contributed by atoms with Crippen LogP contribution in [0.15, 0.2) is 18.2 Å². The Kier molecular flexibility index (Phi) is 4.45. The molecule has 1 N–H and O–H groups in total. The minimum absolute atomic E-state index is 0.186. The second kappa shape index (κ2) is 6.26. The predicted molar refractivity (Wildman–Crippen MR) is 92.7 cm³/mol. The Balaban J connectivity index is 1.67. The van der Waals surface area contributed by atoms with E-state index in [0.29, 0.717) is 5.56 Å². The summed E-state index contributed by atoms with van der Waals surface area (Å²) in [4.78, 5) is 14.4. The number of benzene rings is 1. The first-order chi connectivity index (χ1) is 11.2. The van der Waals surface area contributed by atoms with Crippen molar-refractivity contribution in [1.29, 1.82) is 0 Å². The fourth-order valence-corrected chi connectivity index (χ4v) is 3.89. The first-order valence-electron chi connectivity index (χ1n) is 8.77. The van der Waals surface area contributed by atoms with Crippen molar-refractivity contribution < 1.29 is 13.9 Å². The number of nitrogens with zero attached hydrogens (tertiary/aromatic N) is 1. The molecular weight excluding hydrogens is 307 g/mol. The average molecular weight is 334 g/mol. The van der Waals surface area contributed by atoms with Crippen LogP contribution in [0.3, 0.4) is 0 Å². The van der Waals surface area contributed by atoms with Crippen LogP contribution >= 0.6 is 0 Å². The van der Waals surface area contributed by atoms with Gasteiger partial charge in [0.2, 0.25) is 0 Å². The van der Waals surface area contributed by atoms with Gasteiger partial charge in [0.1, 0.15) is 11.4 Å². The van der Waals surface area contributed by atoms with E-state index in [1.807, 2.05) is 31.7 Å². The van der Waals surface area contributed by atoms with Crippen molar-refractivity contribution in [1.82, 2.24) is 4.90 Å². The van der Waals surface area contributed by atoms with Crippen molar-refractivity contribution >= 4 is 11.8 Å². The molecule has 0 radical (unpaired) electrons. The Labute approximate surface area is 143 Å². The quantitative estimate of drug-likeness (QED) is 0.867. The van der Waals surface area contributed by atoms with Gasteiger partial charge in [-0.3, -0.25) is 0 Å². The molecule has 0 saturated carbocycles. The molecule has 2 heterocycles. The lowest BCUT2D eigenvalue weighted by Gasteiger charge is -2.40. The maximum Gasteiger partial charge on any atom is 0.410 e. The normalized spacial score (nSPS) is 26.4. The van der Waals surface area contributed by atoms with E-state index in [-0.39, 0.29) is 30.0 Å². The molecule has 2 saturated heterocycles. The van der Waals surface area contributed by atoms with Gasteiger partial charge in [-0.25, -0.2) is 9.18 Å². The van der Waals surface area contributed by atoms with E-state index in [1.165, 1.54) is 6.07 Å². The van der Waals surface area contributed by atoms with Crippen LogP contribution in [-0.4, -0.2) is 34.7 Å². The number of halogens is 1. The number of hydrogen-bond donors (Lipinski definition) is 1. The van der Waals surface area contributed by atoms with E-state index >= 15 is 0 Å². The van der Waals surface area contributed by atoms with Crippen LogP contribution in [0.2, 0.25) is 0 Å². The fraction of sp³-hybridized carbons (Fsp3) is 0.632. The van der Waals surface area contributed by atoms with Gasteiger partial charge in [0, 0.05) is 29.4 Å². The number of hydrogen-bond acceptors (Lipinski definition) is 3. The standard InChI is InChI=1S/C19H27FN2O2/c1-12-16(20)6-5-7-17(12)21-13-10-14-8-9-15(11-13)22(14)18(23)24-19(2,3)4/h5-7,13-15,21H,8-11H2,1-4H3. The molecule has 5 heteroatoms. The number of nitrogens with one attached hydrogen (secondary N) is 1. The lowest BCUT2D eigenvalue weighted by molar-refractivity contribution is 0.00683. The number of fused-ring (bicyclic) bond motifs is 2. The van der Waals surface area contributed by atoms with Crippen molar-refractivity contribution in [3.8, 4) is 0 Å². The topological polar surface area (TPSA) is 41.6 Å². The first kappa shape index (κ1) is 17.1. The minimum atomic E-state index is -0.468. The van der Waals surface area contributed by atoms with Gasteiger partial charge in [-0.15, -0.1) is 0 Å². The Morgan fingerprint density at radius 1 is 1.25 bits per heavy atom. The van der Waals surface area contributed by atoms with Crippen molar-refractivity contribution in [2.75, 3.05) is 5.32 Å². The molecule has 2 aliphatic rings. The van der Waals surface area contributed by atoms with Gasteiger partial charge >= 0.3 is 6.09 Å². The van der Waals surface area contributed by atoms with Crippen LogP contribution in [0.5, 0.6) is 0 Å². The summed E-state index contributed by atoms with van der Waals surface area (Å²) in [5.41, 5.74) is 1.04. The van der Waals surface area contributed by atoms with E-state index in [2.05, 4.69) is 5.32 Å². The summed E-state index contributed by atoms with van der Waals surface area (Å²) >= 11 is 0. The zero-order valence-electron chi connectivity index (χ0n) is 14.9. The van der Waals surface area contributed by atoms with Crippen molar-refractivity contribution in [3.05, 3.63) is 29.6 Å². The van der Waals surface area contributed by atoms with E-state index < -0.39 is 5.60 Å². The third kappa shape index (κ3) is 3.50. The molecule has 1 aromatic carbocycles. The third-order valence-corrected chi connectivity index (χ3v) is 4.96. The largest absolute Gasteiger partial charge is 0.444 e. The van der Waals surface area contributed by atoms with Crippen LogP contribution < -0.4 is 5.32 Å². The summed E-state index contributed by atoms with van der Waals surface area (Å²) in [6, 6.07) is 5.82. The maximum atomic E-state index is 13.7. The highest BCUT2D eigenvalue weighted by molar-refractivity contribution is 5.70. The highest BCUT2D eigenvalue weighted by Gasteiger charge is 2.44. The molecule has 0 aromatic heterocycles. The smallest absolute Gasteiger partial charge is 0.410 e. The van der Waals surface area contributed by atoms with Gasteiger partial charge in [-0.05, 0) is 65.5 Å². The molecule has 0 spiro atoms. The Morgan fingerprint density at radius 2 is 1.88 bits per heavy atom. The zero-order chi connectivity index (χ0) is 17.5. The Hall–Kier alpha value is -1.78. The van der Waals surface area contributed by atoms with E-state index in [4.69, 9.17) is 4.74 Å². The molecule has 4 nitrogen and oxygen atoms in total. The number of amides is 1. The number of carbonyl (C=O) groups is 1. The van der Waals surface area contributed by atoms with Gasteiger partial charge in [0.15, 0.2) is 0 Å². The van der Waals surface area contributed by atoms with Gasteiger partial charge < -0.3 is 15.0 Å². The lowest BCUT2D eigenvalue weighted by atomic mass is 9.97. The SMILES string of the molecule is Cc1c(F)cccc1NC1CC2CCC(C1)N2C(=O)OC(C)(C)C. The average Bonchev–Trinajstić information content (AvgIpc) is 2.74. The number of anilines is 1. The maximum absolute atomic E-state index is 13.7. The van der Waals surface area contributed by atoms with E-state index in [9.17, 15) is 9.18 Å². The highest BCUT2D eigenvalue weighted by atomic mass is 19.1. The Morgan fingerprint density at radius 3 is 2.46 bits per heavy atom.